The highest BCUT2D eigenvalue weighted by Gasteiger charge is 2.11. The van der Waals surface area contributed by atoms with Crippen LogP contribution in [0.4, 0.5) is 15.9 Å². The number of nitrogens with one attached hydrogen (secondary N) is 1. The van der Waals surface area contributed by atoms with Crippen LogP contribution in [0.25, 0.3) is 17.0 Å². The van der Waals surface area contributed by atoms with Gasteiger partial charge in [0, 0.05) is 22.9 Å². The summed E-state index contributed by atoms with van der Waals surface area (Å²) >= 11 is 0. The zero-order valence-electron chi connectivity index (χ0n) is 13.4. The predicted octanol–water partition coefficient (Wildman–Crippen LogP) is 2.77. The number of rotatable bonds is 4. The first kappa shape index (κ1) is 15.7. The molecule has 0 spiro atoms. The molecule has 128 valence electrons. The molecule has 0 aliphatic carbocycles. The molecule has 0 bridgehead atoms. The highest BCUT2D eigenvalue weighted by Crippen LogP contribution is 2.25. The summed E-state index contributed by atoms with van der Waals surface area (Å²) in [7, 11) is 0. The fourth-order valence-corrected chi connectivity index (χ4v) is 2.63. The number of hydrogen-bond donors (Lipinski definition) is 2. The number of anilines is 2. The number of carbonyl (C=O) groups excluding carboxylic acids is 1. The predicted molar refractivity (Wildman–Crippen MR) is 94.4 cm³/mol. The lowest BCUT2D eigenvalue weighted by atomic mass is 10.1. The standard InChI is InChI=1S/C18H13FN6O/c19-13-5-1-3-11(7-13)15-9-16(24-18-21-10-22-25(15)18)23-14-6-2-4-12(8-14)17(20)26/h1-10H,(H2,20,26)(H,21,22,23,24). The van der Waals surface area contributed by atoms with Crippen molar-refractivity contribution >= 4 is 23.2 Å². The van der Waals surface area contributed by atoms with Gasteiger partial charge >= 0.3 is 0 Å². The van der Waals surface area contributed by atoms with Gasteiger partial charge in [0.05, 0.1) is 5.69 Å². The van der Waals surface area contributed by atoms with E-state index < -0.39 is 5.91 Å². The Kier molecular flexibility index (Phi) is 3.77. The van der Waals surface area contributed by atoms with Crippen LogP contribution < -0.4 is 11.1 Å². The number of nitrogens with two attached hydrogens (primary N) is 1. The van der Waals surface area contributed by atoms with Crippen LogP contribution in [0.3, 0.4) is 0 Å². The van der Waals surface area contributed by atoms with Crippen LogP contribution in [0.15, 0.2) is 60.9 Å². The van der Waals surface area contributed by atoms with Gasteiger partial charge < -0.3 is 11.1 Å². The third kappa shape index (κ3) is 2.95. The molecular weight excluding hydrogens is 335 g/mol. The van der Waals surface area contributed by atoms with Crippen molar-refractivity contribution in [2.75, 3.05) is 5.32 Å². The van der Waals surface area contributed by atoms with E-state index in [1.807, 2.05) is 0 Å². The molecule has 0 fully saturated rings. The first-order valence-electron chi connectivity index (χ1n) is 7.74. The van der Waals surface area contributed by atoms with E-state index in [9.17, 15) is 9.18 Å². The largest absolute Gasteiger partial charge is 0.366 e. The van der Waals surface area contributed by atoms with Crippen molar-refractivity contribution in [3.8, 4) is 11.3 Å². The Labute approximate surface area is 147 Å². The number of carbonyl (C=O) groups is 1. The quantitative estimate of drug-likeness (QED) is 0.591. The van der Waals surface area contributed by atoms with Crippen LogP contribution in [-0.4, -0.2) is 25.5 Å². The van der Waals surface area contributed by atoms with E-state index in [0.29, 0.717) is 34.1 Å². The van der Waals surface area contributed by atoms with E-state index in [-0.39, 0.29) is 5.82 Å². The molecule has 0 unspecified atom stereocenters. The van der Waals surface area contributed by atoms with Crippen molar-refractivity contribution in [2.24, 2.45) is 5.73 Å². The lowest BCUT2D eigenvalue weighted by Gasteiger charge is -2.10. The average molecular weight is 348 g/mol. The molecule has 2 heterocycles. The topological polar surface area (TPSA) is 98.2 Å². The highest BCUT2D eigenvalue weighted by molar-refractivity contribution is 5.93. The summed E-state index contributed by atoms with van der Waals surface area (Å²) < 4.78 is 15.2. The van der Waals surface area contributed by atoms with E-state index in [0.717, 1.165) is 0 Å². The van der Waals surface area contributed by atoms with Crippen LogP contribution in [0.5, 0.6) is 0 Å². The third-order valence-corrected chi connectivity index (χ3v) is 3.79. The molecule has 0 atom stereocenters. The SMILES string of the molecule is NC(=O)c1cccc(Nc2cc(-c3cccc(F)c3)n3ncnc3n2)c1. The molecule has 26 heavy (non-hydrogen) atoms. The van der Waals surface area contributed by atoms with Gasteiger partial charge in [-0.1, -0.05) is 18.2 Å². The van der Waals surface area contributed by atoms with Crippen LogP contribution in [0, 0.1) is 5.82 Å². The second kappa shape index (κ2) is 6.25. The monoisotopic (exact) mass is 348 g/mol. The van der Waals surface area contributed by atoms with Gasteiger partial charge in [0.2, 0.25) is 5.91 Å². The number of aromatic nitrogens is 4. The maximum absolute atomic E-state index is 13.6. The van der Waals surface area contributed by atoms with Gasteiger partial charge in [-0.25, -0.2) is 4.39 Å². The van der Waals surface area contributed by atoms with Gasteiger partial charge in [-0.05, 0) is 30.3 Å². The molecular formula is C18H13FN6O. The molecule has 0 aliphatic heterocycles. The van der Waals surface area contributed by atoms with Crippen molar-refractivity contribution in [2.45, 2.75) is 0 Å². The summed E-state index contributed by atoms with van der Waals surface area (Å²) in [6.07, 6.45) is 1.38. The summed E-state index contributed by atoms with van der Waals surface area (Å²) in [4.78, 5) is 19.8. The number of nitrogens with zero attached hydrogens (tertiary/aromatic N) is 4. The molecule has 1 amide bonds. The van der Waals surface area contributed by atoms with E-state index >= 15 is 0 Å². The first-order chi connectivity index (χ1) is 12.6. The second-order valence-electron chi connectivity index (χ2n) is 5.58. The van der Waals surface area contributed by atoms with Crippen LogP contribution in [0.2, 0.25) is 0 Å². The Morgan fingerprint density at radius 1 is 1.12 bits per heavy atom. The Hall–Kier alpha value is -3.81. The first-order valence-corrected chi connectivity index (χ1v) is 7.74. The maximum atomic E-state index is 13.6. The zero-order chi connectivity index (χ0) is 18.1. The van der Waals surface area contributed by atoms with E-state index in [4.69, 9.17) is 5.73 Å². The van der Waals surface area contributed by atoms with E-state index in [1.165, 1.54) is 23.0 Å². The number of primary amides is 1. The second-order valence-corrected chi connectivity index (χ2v) is 5.58. The van der Waals surface area contributed by atoms with Crippen LogP contribution in [0.1, 0.15) is 10.4 Å². The molecule has 0 saturated heterocycles. The minimum Gasteiger partial charge on any atom is -0.366 e. The van der Waals surface area contributed by atoms with Gasteiger partial charge in [0.1, 0.15) is 18.0 Å². The summed E-state index contributed by atoms with van der Waals surface area (Å²) in [5, 5.41) is 7.25. The van der Waals surface area contributed by atoms with Crippen LogP contribution >= 0.6 is 0 Å². The molecule has 4 rings (SSSR count). The lowest BCUT2D eigenvalue weighted by Crippen LogP contribution is -2.11. The van der Waals surface area contributed by atoms with Crippen molar-refractivity contribution in [3.63, 3.8) is 0 Å². The Morgan fingerprint density at radius 2 is 1.96 bits per heavy atom. The van der Waals surface area contributed by atoms with Crippen molar-refractivity contribution in [1.82, 2.24) is 19.6 Å². The normalized spacial score (nSPS) is 10.8. The Morgan fingerprint density at radius 3 is 2.77 bits per heavy atom. The smallest absolute Gasteiger partial charge is 0.254 e. The molecule has 0 saturated carbocycles. The van der Waals surface area contributed by atoms with E-state index in [2.05, 4.69) is 20.4 Å². The highest BCUT2D eigenvalue weighted by atomic mass is 19.1. The van der Waals surface area contributed by atoms with E-state index in [1.54, 1.807) is 42.5 Å². The summed E-state index contributed by atoms with van der Waals surface area (Å²) in [6.45, 7) is 0. The third-order valence-electron chi connectivity index (χ3n) is 3.79. The van der Waals surface area contributed by atoms with Gasteiger partial charge in [-0.3, -0.25) is 4.79 Å². The number of halogens is 1. The van der Waals surface area contributed by atoms with Gasteiger partial charge in [-0.2, -0.15) is 19.6 Å². The van der Waals surface area contributed by atoms with Gasteiger partial charge in [-0.15, -0.1) is 0 Å². The van der Waals surface area contributed by atoms with Crippen LogP contribution in [-0.2, 0) is 0 Å². The van der Waals surface area contributed by atoms with Gasteiger partial charge in [0.25, 0.3) is 5.78 Å². The molecule has 0 aliphatic rings. The number of hydrogen-bond acceptors (Lipinski definition) is 5. The lowest BCUT2D eigenvalue weighted by molar-refractivity contribution is 0.100. The van der Waals surface area contributed by atoms with Crippen molar-refractivity contribution in [1.29, 1.82) is 0 Å². The Balaban J connectivity index is 1.79. The molecule has 2 aromatic carbocycles. The molecule has 3 N–H and O–H groups in total. The molecule has 2 aromatic heterocycles. The molecule has 7 nitrogen and oxygen atoms in total. The maximum Gasteiger partial charge on any atom is 0.254 e. The number of amides is 1. The molecule has 8 heteroatoms. The zero-order valence-corrected chi connectivity index (χ0v) is 13.4. The summed E-state index contributed by atoms with van der Waals surface area (Å²) in [5.74, 6) is -0.0297. The fourth-order valence-electron chi connectivity index (χ4n) is 2.63. The average Bonchev–Trinajstić information content (AvgIpc) is 3.10. The minimum absolute atomic E-state index is 0.351. The van der Waals surface area contributed by atoms with Gasteiger partial charge in [0.15, 0.2) is 0 Å². The minimum atomic E-state index is -0.519. The number of benzene rings is 2. The van der Waals surface area contributed by atoms with Crippen molar-refractivity contribution < 1.29 is 9.18 Å². The Bertz CT molecular complexity index is 1120. The fraction of sp³-hybridized carbons (Fsp3) is 0. The molecule has 4 aromatic rings. The van der Waals surface area contributed by atoms with Crippen molar-refractivity contribution in [3.05, 3.63) is 72.3 Å². The summed E-state index contributed by atoms with van der Waals surface area (Å²) in [5.41, 5.74) is 7.59. The summed E-state index contributed by atoms with van der Waals surface area (Å²) in [6, 6.07) is 14.7. The molecule has 0 radical (unpaired) electrons. The number of fused-ring (bicyclic) bond motifs is 1.